The molecule has 0 aromatic heterocycles. The maximum atomic E-state index is 13.0. The van der Waals surface area contributed by atoms with E-state index in [0.29, 0.717) is 15.6 Å². The van der Waals surface area contributed by atoms with Crippen LogP contribution in [-0.2, 0) is 15.2 Å². The van der Waals surface area contributed by atoms with Crippen molar-refractivity contribution in [1.29, 1.82) is 0 Å². The van der Waals surface area contributed by atoms with E-state index in [2.05, 4.69) is 10.9 Å². The van der Waals surface area contributed by atoms with Crippen molar-refractivity contribution in [3.63, 3.8) is 0 Å². The third kappa shape index (κ3) is 5.28. The van der Waals surface area contributed by atoms with Gasteiger partial charge in [-0.15, -0.1) is 0 Å². The van der Waals surface area contributed by atoms with Crippen molar-refractivity contribution >= 4 is 35.0 Å². The third-order valence-corrected chi connectivity index (χ3v) is 5.53. The number of quaternary nitrogens is 1. The number of amides is 2. The maximum Gasteiger partial charge on any atom is 0.296 e. The Labute approximate surface area is 180 Å². The molecule has 0 aliphatic carbocycles. The minimum absolute atomic E-state index is 0.265. The normalized spacial score (nSPS) is 14.2. The Morgan fingerprint density at radius 3 is 2.17 bits per heavy atom. The lowest BCUT2D eigenvalue weighted by molar-refractivity contribution is -0.910. The number of hydrazine groups is 1. The van der Waals surface area contributed by atoms with E-state index in [0.717, 1.165) is 18.0 Å². The van der Waals surface area contributed by atoms with Gasteiger partial charge in [0.2, 0.25) is 0 Å². The van der Waals surface area contributed by atoms with Crippen LogP contribution in [0.5, 0.6) is 0 Å². The third-order valence-electron chi connectivity index (χ3n) is 5.05. The number of rotatable bonds is 7. The van der Waals surface area contributed by atoms with Gasteiger partial charge in [-0.3, -0.25) is 20.4 Å². The second kappa shape index (κ2) is 10.1. The second-order valence-electron chi connectivity index (χ2n) is 6.76. The van der Waals surface area contributed by atoms with Crippen LogP contribution in [0.4, 0.5) is 0 Å². The van der Waals surface area contributed by atoms with Gasteiger partial charge in [0, 0.05) is 10.0 Å². The van der Waals surface area contributed by atoms with Crippen LogP contribution in [0.15, 0.2) is 48.5 Å². The first-order chi connectivity index (χ1) is 13.7. The molecule has 0 unspecified atom stereocenters. The molecule has 0 radical (unpaired) electrons. The fourth-order valence-electron chi connectivity index (χ4n) is 3.20. The van der Waals surface area contributed by atoms with Crippen LogP contribution in [-0.4, -0.2) is 36.1 Å². The predicted octanol–water partition coefficient (Wildman–Crippen LogP) is 1.69. The molecule has 2 rings (SSSR count). The number of carbonyl (C=O) groups is 2. The summed E-state index contributed by atoms with van der Waals surface area (Å²) in [6.07, 6.45) is 0. The topological polar surface area (TPSA) is 82.9 Å². The molecule has 2 atom stereocenters. The zero-order valence-electron chi connectivity index (χ0n) is 16.6. The summed E-state index contributed by atoms with van der Waals surface area (Å²) in [7, 11) is 0. The van der Waals surface area contributed by atoms with Crippen LogP contribution < -0.4 is 15.8 Å². The Kier molecular flexibility index (Phi) is 8.05. The number of hydrogen-bond donors (Lipinski definition) is 4. The van der Waals surface area contributed by atoms with E-state index in [1.54, 1.807) is 49.4 Å². The molecule has 4 N–H and O–H groups in total. The molecular weight excluding hydrogens is 413 g/mol. The molecule has 0 fully saturated rings. The molecule has 0 aliphatic heterocycles. The average Bonchev–Trinajstić information content (AvgIpc) is 2.72. The van der Waals surface area contributed by atoms with Gasteiger partial charge >= 0.3 is 0 Å². The minimum Gasteiger partial charge on any atom is -0.372 e. The molecular formula is C21H26Cl2N3O3+. The van der Waals surface area contributed by atoms with Crippen molar-refractivity contribution in [2.24, 2.45) is 0 Å². The average molecular weight is 439 g/mol. The fraction of sp³-hybridized carbons (Fsp3) is 0.333. The van der Waals surface area contributed by atoms with Gasteiger partial charge in [-0.2, -0.15) is 0 Å². The SMILES string of the molecule is CC[NH+](CC)[C@@H](C)C(=O)NNC(=O)[C@@](O)(c1ccc(Cl)cc1)c1cccc(Cl)c1. The molecule has 0 spiro atoms. The van der Waals surface area contributed by atoms with Gasteiger partial charge in [0.05, 0.1) is 13.1 Å². The highest BCUT2D eigenvalue weighted by Crippen LogP contribution is 2.32. The summed E-state index contributed by atoms with van der Waals surface area (Å²) in [5.41, 5.74) is 3.26. The van der Waals surface area contributed by atoms with Gasteiger partial charge in [-0.25, -0.2) is 0 Å². The number of hydrogen-bond acceptors (Lipinski definition) is 3. The number of benzene rings is 2. The predicted molar refractivity (Wildman–Crippen MR) is 114 cm³/mol. The van der Waals surface area contributed by atoms with Gasteiger partial charge in [0.15, 0.2) is 11.6 Å². The summed E-state index contributed by atoms with van der Waals surface area (Å²) in [6, 6.07) is 12.2. The summed E-state index contributed by atoms with van der Waals surface area (Å²) < 4.78 is 0. The van der Waals surface area contributed by atoms with Crippen molar-refractivity contribution in [1.82, 2.24) is 10.9 Å². The Morgan fingerprint density at radius 2 is 1.62 bits per heavy atom. The highest BCUT2D eigenvalue weighted by Gasteiger charge is 2.40. The molecule has 8 heteroatoms. The number of halogens is 2. The van der Waals surface area contributed by atoms with Crippen molar-refractivity contribution in [2.45, 2.75) is 32.4 Å². The number of carbonyl (C=O) groups excluding carboxylic acids is 2. The number of aliphatic hydroxyl groups is 1. The van der Waals surface area contributed by atoms with Crippen molar-refractivity contribution < 1.29 is 19.6 Å². The van der Waals surface area contributed by atoms with Crippen LogP contribution in [0.25, 0.3) is 0 Å². The first-order valence-corrected chi connectivity index (χ1v) is 10.2. The second-order valence-corrected chi connectivity index (χ2v) is 7.63. The molecule has 2 amide bonds. The molecule has 0 bridgehead atoms. The molecule has 0 heterocycles. The molecule has 156 valence electrons. The highest BCUT2D eigenvalue weighted by atomic mass is 35.5. The highest BCUT2D eigenvalue weighted by molar-refractivity contribution is 6.31. The van der Waals surface area contributed by atoms with E-state index in [1.165, 1.54) is 6.07 Å². The Balaban J connectivity index is 2.31. The lowest BCUT2D eigenvalue weighted by atomic mass is 9.85. The van der Waals surface area contributed by atoms with E-state index in [9.17, 15) is 14.7 Å². The van der Waals surface area contributed by atoms with Crippen LogP contribution in [0.3, 0.4) is 0 Å². The van der Waals surface area contributed by atoms with Gasteiger partial charge in [-0.1, -0.05) is 47.5 Å². The van der Waals surface area contributed by atoms with Crippen molar-refractivity contribution in [3.05, 3.63) is 69.7 Å². The van der Waals surface area contributed by atoms with Crippen LogP contribution in [0.1, 0.15) is 31.9 Å². The van der Waals surface area contributed by atoms with E-state index in [1.807, 2.05) is 13.8 Å². The Hall–Kier alpha value is -2.12. The van der Waals surface area contributed by atoms with Crippen LogP contribution in [0.2, 0.25) is 10.0 Å². The fourth-order valence-corrected chi connectivity index (χ4v) is 3.51. The van der Waals surface area contributed by atoms with Gasteiger partial charge in [0.25, 0.3) is 11.8 Å². The maximum absolute atomic E-state index is 13.0. The molecule has 2 aromatic carbocycles. The smallest absolute Gasteiger partial charge is 0.296 e. The van der Waals surface area contributed by atoms with Crippen molar-refractivity contribution in [2.75, 3.05) is 13.1 Å². The first-order valence-electron chi connectivity index (χ1n) is 9.43. The Bertz CT molecular complexity index is 857. The van der Waals surface area contributed by atoms with Gasteiger partial charge in [0.1, 0.15) is 0 Å². The summed E-state index contributed by atoms with van der Waals surface area (Å²) >= 11 is 12.0. The Morgan fingerprint density at radius 1 is 1.00 bits per heavy atom. The zero-order chi connectivity index (χ0) is 21.6. The van der Waals surface area contributed by atoms with Gasteiger partial charge < -0.3 is 10.0 Å². The lowest BCUT2D eigenvalue weighted by Gasteiger charge is -2.29. The molecule has 0 aliphatic rings. The molecule has 6 nitrogen and oxygen atoms in total. The number of likely N-dealkylation sites (N-methyl/N-ethyl adjacent to an activating group) is 1. The van der Waals surface area contributed by atoms with Crippen molar-refractivity contribution in [3.8, 4) is 0 Å². The summed E-state index contributed by atoms with van der Waals surface area (Å²) in [5, 5.41) is 12.3. The summed E-state index contributed by atoms with van der Waals surface area (Å²) in [4.78, 5) is 26.5. The molecule has 0 saturated heterocycles. The summed E-state index contributed by atoms with van der Waals surface area (Å²) in [6.45, 7) is 7.30. The van der Waals surface area contributed by atoms with E-state index < -0.39 is 11.5 Å². The van der Waals surface area contributed by atoms with E-state index in [-0.39, 0.29) is 17.5 Å². The molecule has 29 heavy (non-hydrogen) atoms. The van der Waals surface area contributed by atoms with E-state index >= 15 is 0 Å². The van der Waals surface area contributed by atoms with E-state index in [4.69, 9.17) is 23.2 Å². The first kappa shape index (κ1) is 23.2. The summed E-state index contributed by atoms with van der Waals surface area (Å²) in [5.74, 6) is -1.15. The number of nitrogens with one attached hydrogen (secondary N) is 3. The molecule has 0 saturated carbocycles. The quantitative estimate of drug-likeness (QED) is 0.496. The van der Waals surface area contributed by atoms with Crippen LogP contribution in [0, 0.1) is 0 Å². The van der Waals surface area contributed by atoms with Crippen LogP contribution >= 0.6 is 23.2 Å². The monoisotopic (exact) mass is 438 g/mol. The lowest BCUT2D eigenvalue weighted by Crippen LogP contribution is -3.16. The molecule has 2 aromatic rings. The minimum atomic E-state index is -2.08. The zero-order valence-corrected chi connectivity index (χ0v) is 18.1. The standard InChI is InChI=1S/C21H25Cl2N3O3/c1-4-26(5-2)14(3)19(27)24-25-20(28)21(29,15-9-11-17(22)12-10-15)16-7-6-8-18(23)13-16/h6-14,29H,4-5H2,1-3H3,(H,24,27)(H,25,28)/p+1/t14-,21+/m0/s1. The largest absolute Gasteiger partial charge is 0.372 e. The van der Waals surface area contributed by atoms with Gasteiger partial charge in [-0.05, 0) is 56.2 Å².